The van der Waals surface area contributed by atoms with Gasteiger partial charge < -0.3 is 13.9 Å². The second-order valence-electron chi connectivity index (χ2n) is 6.35. The standard InChI is InChI=1S/C22H22O4/c1-14(2)5-6-16-11-18-19(23)12-21(26-22(18)13-20(16)25-4)15-7-9-17(24-3)10-8-15/h5,7-13H,6H2,1-4H3. The third-order valence-electron chi connectivity index (χ3n) is 4.23. The van der Waals surface area contributed by atoms with Crippen LogP contribution in [0.1, 0.15) is 19.4 Å². The molecule has 0 saturated carbocycles. The van der Waals surface area contributed by atoms with Gasteiger partial charge >= 0.3 is 0 Å². The molecule has 0 radical (unpaired) electrons. The monoisotopic (exact) mass is 350 g/mol. The molecule has 0 amide bonds. The lowest BCUT2D eigenvalue weighted by Crippen LogP contribution is -2.02. The zero-order valence-electron chi connectivity index (χ0n) is 15.5. The molecule has 26 heavy (non-hydrogen) atoms. The number of methoxy groups -OCH3 is 2. The summed E-state index contributed by atoms with van der Waals surface area (Å²) in [6, 6.07) is 12.6. The van der Waals surface area contributed by atoms with E-state index in [4.69, 9.17) is 13.9 Å². The van der Waals surface area contributed by atoms with Gasteiger partial charge in [0.25, 0.3) is 0 Å². The van der Waals surface area contributed by atoms with Crippen LogP contribution in [-0.2, 0) is 6.42 Å². The van der Waals surface area contributed by atoms with Crippen LogP contribution in [-0.4, -0.2) is 14.2 Å². The normalized spacial score (nSPS) is 10.6. The molecule has 1 heterocycles. The van der Waals surface area contributed by atoms with E-state index >= 15 is 0 Å². The summed E-state index contributed by atoms with van der Waals surface area (Å²) < 4.78 is 16.7. The molecule has 4 heteroatoms. The van der Waals surface area contributed by atoms with E-state index in [1.165, 1.54) is 11.6 Å². The number of ether oxygens (including phenoxy) is 2. The number of rotatable bonds is 5. The molecule has 134 valence electrons. The Morgan fingerprint density at radius 1 is 1.04 bits per heavy atom. The number of hydrogen-bond donors (Lipinski definition) is 0. The summed E-state index contributed by atoms with van der Waals surface area (Å²) >= 11 is 0. The first-order valence-corrected chi connectivity index (χ1v) is 8.44. The van der Waals surface area contributed by atoms with Gasteiger partial charge in [-0.2, -0.15) is 0 Å². The second kappa shape index (κ2) is 7.48. The van der Waals surface area contributed by atoms with E-state index in [0.29, 0.717) is 28.9 Å². The Balaban J connectivity index is 2.11. The fourth-order valence-corrected chi connectivity index (χ4v) is 2.79. The van der Waals surface area contributed by atoms with E-state index in [-0.39, 0.29) is 5.43 Å². The zero-order chi connectivity index (χ0) is 18.7. The molecule has 2 aromatic carbocycles. The third-order valence-corrected chi connectivity index (χ3v) is 4.23. The summed E-state index contributed by atoms with van der Waals surface area (Å²) in [6.45, 7) is 4.09. The van der Waals surface area contributed by atoms with Crippen LogP contribution in [0.3, 0.4) is 0 Å². The van der Waals surface area contributed by atoms with Gasteiger partial charge in [0.05, 0.1) is 19.6 Å². The molecule has 1 aromatic heterocycles. The van der Waals surface area contributed by atoms with Gasteiger partial charge in [0.2, 0.25) is 0 Å². The fraction of sp³-hybridized carbons (Fsp3) is 0.227. The first kappa shape index (κ1) is 17.8. The van der Waals surface area contributed by atoms with Crippen molar-refractivity contribution in [2.24, 2.45) is 0 Å². The summed E-state index contributed by atoms with van der Waals surface area (Å²) in [5.41, 5.74) is 3.44. The molecule has 0 bridgehead atoms. The average molecular weight is 350 g/mol. The van der Waals surface area contributed by atoms with Crippen molar-refractivity contribution in [2.45, 2.75) is 20.3 Å². The maximum absolute atomic E-state index is 12.6. The molecular weight excluding hydrogens is 328 g/mol. The highest BCUT2D eigenvalue weighted by Gasteiger charge is 2.12. The number of fused-ring (bicyclic) bond motifs is 1. The summed E-state index contributed by atoms with van der Waals surface area (Å²) in [4.78, 5) is 12.6. The van der Waals surface area contributed by atoms with E-state index in [0.717, 1.165) is 16.9 Å². The van der Waals surface area contributed by atoms with Crippen LogP contribution in [0.4, 0.5) is 0 Å². The minimum atomic E-state index is -0.0711. The Hall–Kier alpha value is -3.01. The van der Waals surface area contributed by atoms with Crippen molar-refractivity contribution in [3.63, 3.8) is 0 Å². The predicted octanol–water partition coefficient (Wildman–Crippen LogP) is 4.99. The number of benzene rings is 2. The van der Waals surface area contributed by atoms with Crippen LogP contribution in [0.25, 0.3) is 22.3 Å². The number of allylic oxidation sites excluding steroid dienone is 2. The second-order valence-corrected chi connectivity index (χ2v) is 6.35. The zero-order valence-corrected chi connectivity index (χ0v) is 15.5. The van der Waals surface area contributed by atoms with E-state index in [1.807, 2.05) is 44.2 Å². The first-order chi connectivity index (χ1) is 12.5. The highest BCUT2D eigenvalue weighted by atomic mass is 16.5. The van der Waals surface area contributed by atoms with Gasteiger partial charge in [-0.25, -0.2) is 0 Å². The van der Waals surface area contributed by atoms with Crippen LogP contribution in [0.15, 0.2) is 63.3 Å². The summed E-state index contributed by atoms with van der Waals surface area (Å²) in [5, 5.41) is 0.556. The molecule has 0 saturated heterocycles. The summed E-state index contributed by atoms with van der Waals surface area (Å²) in [5.74, 6) is 1.98. The van der Waals surface area contributed by atoms with Crippen molar-refractivity contribution in [1.82, 2.24) is 0 Å². The van der Waals surface area contributed by atoms with Gasteiger partial charge in [-0.3, -0.25) is 4.79 Å². The van der Waals surface area contributed by atoms with Crippen molar-refractivity contribution >= 4 is 11.0 Å². The fourth-order valence-electron chi connectivity index (χ4n) is 2.79. The van der Waals surface area contributed by atoms with Gasteiger partial charge in [-0.15, -0.1) is 0 Å². The third kappa shape index (κ3) is 3.64. The van der Waals surface area contributed by atoms with Crippen LogP contribution in [0, 0.1) is 0 Å². The Morgan fingerprint density at radius 3 is 2.38 bits per heavy atom. The summed E-state index contributed by atoms with van der Waals surface area (Å²) in [6.07, 6.45) is 2.82. The molecule has 0 aliphatic rings. The van der Waals surface area contributed by atoms with Crippen LogP contribution >= 0.6 is 0 Å². The molecule has 0 N–H and O–H groups in total. The molecule has 3 rings (SSSR count). The topological polar surface area (TPSA) is 48.7 Å². The Kier molecular flexibility index (Phi) is 5.12. The average Bonchev–Trinajstić information content (AvgIpc) is 2.65. The minimum absolute atomic E-state index is 0.0711. The maximum Gasteiger partial charge on any atom is 0.193 e. The molecule has 0 spiro atoms. The molecule has 0 fully saturated rings. The van der Waals surface area contributed by atoms with Crippen molar-refractivity contribution in [2.75, 3.05) is 14.2 Å². The lowest BCUT2D eigenvalue weighted by atomic mass is 10.0. The van der Waals surface area contributed by atoms with E-state index < -0.39 is 0 Å². The predicted molar refractivity (Wildman–Crippen MR) is 104 cm³/mol. The largest absolute Gasteiger partial charge is 0.497 e. The molecule has 0 aliphatic carbocycles. The molecule has 0 atom stereocenters. The maximum atomic E-state index is 12.6. The van der Waals surface area contributed by atoms with Crippen molar-refractivity contribution in [1.29, 1.82) is 0 Å². The van der Waals surface area contributed by atoms with Crippen molar-refractivity contribution < 1.29 is 13.9 Å². The smallest absolute Gasteiger partial charge is 0.193 e. The van der Waals surface area contributed by atoms with Gasteiger partial charge in [0.15, 0.2) is 5.43 Å². The minimum Gasteiger partial charge on any atom is -0.497 e. The molecule has 0 unspecified atom stereocenters. The van der Waals surface area contributed by atoms with E-state index in [2.05, 4.69) is 6.08 Å². The van der Waals surface area contributed by atoms with Gasteiger partial charge in [-0.05, 0) is 56.2 Å². The van der Waals surface area contributed by atoms with E-state index in [1.54, 1.807) is 20.3 Å². The van der Waals surface area contributed by atoms with E-state index in [9.17, 15) is 4.79 Å². The van der Waals surface area contributed by atoms with Crippen LogP contribution < -0.4 is 14.9 Å². The molecule has 3 aromatic rings. The van der Waals surface area contributed by atoms with Gasteiger partial charge in [0, 0.05) is 17.7 Å². The van der Waals surface area contributed by atoms with Crippen LogP contribution in [0.5, 0.6) is 11.5 Å². The van der Waals surface area contributed by atoms with Crippen LogP contribution in [0.2, 0.25) is 0 Å². The highest BCUT2D eigenvalue weighted by molar-refractivity contribution is 5.81. The van der Waals surface area contributed by atoms with Gasteiger partial charge in [0.1, 0.15) is 22.8 Å². The van der Waals surface area contributed by atoms with Gasteiger partial charge in [-0.1, -0.05) is 11.6 Å². The highest BCUT2D eigenvalue weighted by Crippen LogP contribution is 2.29. The number of hydrogen-bond acceptors (Lipinski definition) is 4. The SMILES string of the molecule is COc1ccc(-c2cc(=O)c3cc(CC=C(C)C)c(OC)cc3o2)cc1. The summed E-state index contributed by atoms with van der Waals surface area (Å²) in [7, 11) is 3.24. The molecule has 0 aliphatic heterocycles. The Morgan fingerprint density at radius 2 is 1.77 bits per heavy atom. The lowest BCUT2D eigenvalue weighted by Gasteiger charge is -2.10. The first-order valence-electron chi connectivity index (χ1n) is 8.44. The molecular formula is C22H22O4. The lowest BCUT2D eigenvalue weighted by molar-refractivity contribution is 0.410. The van der Waals surface area contributed by atoms with Crippen molar-refractivity contribution in [3.05, 3.63) is 69.9 Å². The molecule has 4 nitrogen and oxygen atoms in total. The Labute approximate surface area is 152 Å². The van der Waals surface area contributed by atoms with Crippen molar-refractivity contribution in [3.8, 4) is 22.8 Å². The quantitative estimate of drug-likeness (QED) is 0.609. The Bertz CT molecular complexity index is 1010.